The van der Waals surface area contributed by atoms with Crippen molar-refractivity contribution in [1.82, 2.24) is 9.80 Å². The summed E-state index contributed by atoms with van der Waals surface area (Å²) < 4.78 is -0.504. The van der Waals surface area contributed by atoms with Gasteiger partial charge in [0.25, 0.3) is 0 Å². The van der Waals surface area contributed by atoms with Crippen molar-refractivity contribution < 1.29 is 14.7 Å². The molecule has 5 nitrogen and oxygen atoms in total. The van der Waals surface area contributed by atoms with Gasteiger partial charge in [0.1, 0.15) is 17.5 Å². The lowest BCUT2D eigenvalue weighted by Gasteiger charge is -2.48. The van der Waals surface area contributed by atoms with E-state index >= 15 is 0 Å². The highest BCUT2D eigenvalue weighted by Crippen LogP contribution is 2.52. The second kappa shape index (κ2) is 5.04. The summed E-state index contributed by atoms with van der Waals surface area (Å²) in [6.45, 7) is 9.67. The first-order valence-corrected chi connectivity index (χ1v) is 7.62. The lowest BCUT2D eigenvalue weighted by molar-refractivity contribution is -0.163. The number of fused-ring (bicyclic) bond motifs is 1. The molecule has 0 radical (unpaired) electrons. The number of carboxylic acid groups (broad SMARTS) is 1. The van der Waals surface area contributed by atoms with Crippen molar-refractivity contribution in [3.63, 3.8) is 0 Å². The molecule has 1 amide bonds. The topological polar surface area (TPSA) is 60.9 Å². The van der Waals surface area contributed by atoms with E-state index in [0.29, 0.717) is 11.5 Å². The number of nitrogens with zero attached hydrogens (tertiary/aromatic N) is 2. The van der Waals surface area contributed by atoms with Gasteiger partial charge in [-0.15, -0.1) is 18.3 Å². The molecular formula is C13H18N2O3S2. The Labute approximate surface area is 128 Å². The maximum atomic E-state index is 12.4. The fraction of sp³-hybridized carbons (Fsp3) is 0.615. The van der Waals surface area contributed by atoms with Crippen molar-refractivity contribution in [2.45, 2.75) is 43.0 Å². The van der Waals surface area contributed by atoms with Crippen molar-refractivity contribution >= 4 is 40.8 Å². The van der Waals surface area contributed by atoms with Crippen LogP contribution in [-0.4, -0.2) is 60.5 Å². The average molecular weight is 314 g/mol. The van der Waals surface area contributed by atoms with Gasteiger partial charge in [-0.3, -0.25) is 4.79 Å². The van der Waals surface area contributed by atoms with E-state index in [2.05, 4.69) is 6.58 Å². The molecule has 2 saturated heterocycles. The first kappa shape index (κ1) is 15.3. The number of hydrogen-bond acceptors (Lipinski definition) is 4. The molecule has 3 atom stereocenters. The number of rotatable bonds is 4. The molecule has 2 aliphatic heterocycles. The molecule has 2 rings (SSSR count). The molecule has 0 aromatic heterocycles. The third-order valence-corrected chi connectivity index (χ3v) is 5.50. The Morgan fingerprint density at radius 2 is 2.25 bits per heavy atom. The van der Waals surface area contributed by atoms with Gasteiger partial charge in [-0.1, -0.05) is 18.3 Å². The van der Waals surface area contributed by atoms with Crippen LogP contribution in [0.15, 0.2) is 12.7 Å². The van der Waals surface area contributed by atoms with Gasteiger partial charge in [-0.05, 0) is 20.8 Å². The highest BCUT2D eigenvalue weighted by atomic mass is 32.2. The predicted molar refractivity (Wildman–Crippen MR) is 82.7 cm³/mol. The third-order valence-electron chi connectivity index (χ3n) is 3.71. The van der Waals surface area contributed by atoms with E-state index in [-0.39, 0.29) is 17.3 Å². The summed E-state index contributed by atoms with van der Waals surface area (Å²) in [5, 5.41) is 9.21. The van der Waals surface area contributed by atoms with Crippen LogP contribution in [-0.2, 0) is 9.59 Å². The minimum Gasteiger partial charge on any atom is -0.480 e. The Bertz CT molecular complexity index is 492. The lowest BCUT2D eigenvalue weighted by Crippen LogP contribution is -2.71. The van der Waals surface area contributed by atoms with Crippen LogP contribution in [0.25, 0.3) is 0 Å². The van der Waals surface area contributed by atoms with Gasteiger partial charge in [-0.2, -0.15) is 0 Å². The summed E-state index contributed by atoms with van der Waals surface area (Å²) in [5.41, 5.74) is 0. The quantitative estimate of drug-likeness (QED) is 0.480. The lowest BCUT2D eigenvalue weighted by atomic mass is 9.95. The fourth-order valence-corrected chi connectivity index (χ4v) is 4.74. The number of β-lactam (4-membered cyclic amide) rings is 1. The van der Waals surface area contributed by atoms with Crippen LogP contribution in [0.2, 0.25) is 0 Å². The number of thioether (sulfide) groups is 1. The molecule has 0 aromatic carbocycles. The summed E-state index contributed by atoms with van der Waals surface area (Å²) in [4.78, 5) is 27.7. The van der Waals surface area contributed by atoms with Gasteiger partial charge in [0.05, 0.1) is 4.99 Å². The molecule has 1 N–H and O–H groups in total. The van der Waals surface area contributed by atoms with Gasteiger partial charge in [0.2, 0.25) is 5.91 Å². The minimum absolute atomic E-state index is 0.156. The normalized spacial score (nSPS) is 30.4. The van der Waals surface area contributed by atoms with E-state index in [1.807, 2.05) is 18.7 Å². The molecule has 2 aliphatic rings. The number of aliphatic carboxylic acids is 1. The van der Waals surface area contributed by atoms with Crippen LogP contribution >= 0.6 is 24.0 Å². The highest BCUT2D eigenvalue weighted by Gasteiger charge is 2.65. The van der Waals surface area contributed by atoms with E-state index in [4.69, 9.17) is 12.2 Å². The van der Waals surface area contributed by atoms with Gasteiger partial charge in [-0.25, -0.2) is 4.79 Å². The maximum Gasteiger partial charge on any atom is 0.327 e. The Hall–Kier alpha value is -1.08. The molecule has 110 valence electrons. The Morgan fingerprint density at radius 3 is 2.70 bits per heavy atom. The van der Waals surface area contributed by atoms with Gasteiger partial charge in [0, 0.05) is 11.3 Å². The van der Waals surface area contributed by atoms with E-state index in [9.17, 15) is 14.7 Å². The summed E-state index contributed by atoms with van der Waals surface area (Å²) in [7, 11) is 0. The van der Waals surface area contributed by atoms with E-state index < -0.39 is 16.8 Å². The first-order chi connectivity index (χ1) is 9.22. The number of hydrogen-bond donors (Lipinski definition) is 1. The SMILES string of the molecule is C=CCN(C(C)=S)[C@@H]1C(=O)N2[C@@H]1SC(C)(C)[C@@H]2C(=O)O. The van der Waals surface area contributed by atoms with Crippen LogP contribution in [0.3, 0.4) is 0 Å². The van der Waals surface area contributed by atoms with Crippen molar-refractivity contribution in [2.24, 2.45) is 0 Å². The number of carboxylic acids is 1. The van der Waals surface area contributed by atoms with Gasteiger partial charge in [0.15, 0.2) is 0 Å². The molecule has 0 aromatic rings. The second-order valence-electron chi connectivity index (χ2n) is 5.50. The molecule has 0 aliphatic carbocycles. The number of carbonyl (C=O) groups is 2. The fourth-order valence-electron chi connectivity index (χ4n) is 2.86. The van der Waals surface area contributed by atoms with Gasteiger partial charge >= 0.3 is 5.97 Å². The summed E-state index contributed by atoms with van der Waals surface area (Å²) in [6, 6.07) is -1.16. The van der Waals surface area contributed by atoms with Crippen molar-refractivity contribution in [2.75, 3.05) is 6.54 Å². The van der Waals surface area contributed by atoms with Crippen molar-refractivity contribution in [1.29, 1.82) is 0 Å². The number of carbonyl (C=O) groups excluding carboxylic acids is 1. The number of amides is 1. The monoisotopic (exact) mass is 314 g/mol. The molecule has 0 bridgehead atoms. The summed E-state index contributed by atoms with van der Waals surface area (Å²) in [5.74, 6) is -1.11. The van der Waals surface area contributed by atoms with Gasteiger partial charge < -0.3 is 14.9 Å². The zero-order chi connectivity index (χ0) is 15.2. The van der Waals surface area contributed by atoms with Crippen LogP contribution in [0.5, 0.6) is 0 Å². The predicted octanol–water partition coefficient (Wildman–Crippen LogP) is 1.34. The van der Waals surface area contributed by atoms with E-state index in [0.717, 1.165) is 0 Å². The summed E-state index contributed by atoms with van der Waals surface area (Å²) in [6.07, 6.45) is 1.70. The molecular weight excluding hydrogens is 296 g/mol. The van der Waals surface area contributed by atoms with Crippen LogP contribution in [0.1, 0.15) is 20.8 Å². The van der Waals surface area contributed by atoms with Crippen molar-refractivity contribution in [3.05, 3.63) is 12.7 Å². The molecule has 2 heterocycles. The van der Waals surface area contributed by atoms with Crippen LogP contribution < -0.4 is 0 Å². The van der Waals surface area contributed by atoms with Crippen molar-refractivity contribution in [3.8, 4) is 0 Å². The smallest absolute Gasteiger partial charge is 0.327 e. The third kappa shape index (κ3) is 2.13. The molecule has 0 unspecified atom stereocenters. The summed E-state index contributed by atoms with van der Waals surface area (Å²) >= 11 is 6.72. The maximum absolute atomic E-state index is 12.4. The molecule has 0 spiro atoms. The van der Waals surface area contributed by atoms with Crippen LogP contribution in [0, 0.1) is 0 Å². The highest BCUT2D eigenvalue weighted by molar-refractivity contribution is 8.01. The zero-order valence-electron chi connectivity index (χ0n) is 11.7. The average Bonchev–Trinajstić information content (AvgIpc) is 2.57. The standard InChI is InChI=1S/C13H18N2O3S2/c1-5-6-14(7(2)19)8-10(16)15-9(12(17)18)13(3,4)20-11(8)15/h5,8-9,11H,1,6H2,2-4H3,(H,17,18)/t8-,9+,11-/m1/s1. The second-order valence-corrected chi connectivity index (χ2v) is 7.86. The molecule has 2 fully saturated rings. The Balaban J connectivity index is 2.28. The molecule has 0 saturated carbocycles. The molecule has 20 heavy (non-hydrogen) atoms. The minimum atomic E-state index is -0.953. The number of thiocarbonyl (C=S) groups is 1. The van der Waals surface area contributed by atoms with E-state index in [1.165, 1.54) is 16.7 Å². The Kier molecular flexibility index (Phi) is 3.85. The van der Waals surface area contributed by atoms with E-state index in [1.54, 1.807) is 13.0 Å². The molecule has 7 heteroatoms. The largest absolute Gasteiger partial charge is 0.480 e. The van der Waals surface area contributed by atoms with Crippen LogP contribution in [0.4, 0.5) is 0 Å². The first-order valence-electron chi connectivity index (χ1n) is 6.33. The zero-order valence-corrected chi connectivity index (χ0v) is 13.3. The Morgan fingerprint density at radius 1 is 1.65 bits per heavy atom.